The van der Waals surface area contributed by atoms with Crippen molar-refractivity contribution in [1.82, 2.24) is 4.98 Å². The minimum atomic E-state index is 0.645. The summed E-state index contributed by atoms with van der Waals surface area (Å²) in [4.78, 5) is 3.66. The summed E-state index contributed by atoms with van der Waals surface area (Å²) < 4.78 is 11.4. The highest BCUT2D eigenvalue weighted by atomic mass is 16.5. The number of benzene rings is 2. The zero-order valence-corrected chi connectivity index (χ0v) is 15.9. The molecule has 4 nitrogen and oxygen atoms in total. The first kappa shape index (κ1) is 18.3. The maximum Gasteiger partial charge on any atom is 0.128 e. The first-order chi connectivity index (χ1) is 12.7. The van der Waals surface area contributed by atoms with E-state index in [-0.39, 0.29) is 0 Å². The van der Waals surface area contributed by atoms with Gasteiger partial charge < -0.3 is 20.2 Å². The van der Waals surface area contributed by atoms with E-state index in [1.54, 1.807) is 7.11 Å². The van der Waals surface area contributed by atoms with Gasteiger partial charge in [0.1, 0.15) is 11.5 Å². The number of para-hydroxylation sites is 1. The molecule has 1 heterocycles. The first-order valence-electron chi connectivity index (χ1n) is 9.31. The molecule has 2 aromatic carbocycles. The first-order valence-corrected chi connectivity index (χ1v) is 9.31. The van der Waals surface area contributed by atoms with E-state index in [9.17, 15) is 0 Å². The second kappa shape index (κ2) is 8.28. The standard InChI is InChI=1S/C22H28N2O2/c1-4-26-20-11-6-5-10-18(20)22-17(9-7-8-12-23)19-14-16(25-3)13-15(2)21(19)24-22/h5-6,10-11,13-14,24H,4,7-9,12,23H2,1-3H3. The number of nitrogens with two attached hydrogens (primary N) is 1. The van der Waals surface area contributed by atoms with Gasteiger partial charge in [-0.05, 0) is 75.0 Å². The molecule has 0 saturated carbocycles. The van der Waals surface area contributed by atoms with Crippen LogP contribution in [0, 0.1) is 6.92 Å². The summed E-state index contributed by atoms with van der Waals surface area (Å²) in [5.41, 5.74) is 11.6. The lowest BCUT2D eigenvalue weighted by Crippen LogP contribution is -2.00. The molecule has 4 heteroatoms. The molecule has 0 aliphatic heterocycles. The van der Waals surface area contributed by atoms with Gasteiger partial charge in [-0.2, -0.15) is 0 Å². The number of aryl methyl sites for hydroxylation is 2. The smallest absolute Gasteiger partial charge is 0.128 e. The Morgan fingerprint density at radius 3 is 2.65 bits per heavy atom. The van der Waals surface area contributed by atoms with Gasteiger partial charge in [0.15, 0.2) is 0 Å². The topological polar surface area (TPSA) is 60.3 Å². The number of hydrogen-bond acceptors (Lipinski definition) is 3. The van der Waals surface area contributed by atoms with Crippen molar-refractivity contribution in [2.24, 2.45) is 5.73 Å². The third-order valence-electron chi connectivity index (χ3n) is 4.76. The summed E-state index contributed by atoms with van der Waals surface area (Å²) in [6.45, 7) is 5.49. The Morgan fingerprint density at radius 1 is 1.12 bits per heavy atom. The molecule has 0 fully saturated rings. The molecule has 0 aliphatic carbocycles. The van der Waals surface area contributed by atoms with Crippen molar-refractivity contribution in [3.63, 3.8) is 0 Å². The Morgan fingerprint density at radius 2 is 1.92 bits per heavy atom. The third-order valence-corrected chi connectivity index (χ3v) is 4.76. The monoisotopic (exact) mass is 352 g/mol. The van der Waals surface area contributed by atoms with Crippen LogP contribution >= 0.6 is 0 Å². The van der Waals surface area contributed by atoms with Crippen molar-refractivity contribution in [3.05, 3.63) is 47.5 Å². The average Bonchev–Trinajstić information content (AvgIpc) is 3.02. The van der Waals surface area contributed by atoms with Crippen molar-refractivity contribution in [1.29, 1.82) is 0 Å². The summed E-state index contributed by atoms with van der Waals surface area (Å²) in [6.07, 6.45) is 3.05. The van der Waals surface area contributed by atoms with Crippen LogP contribution in [0.2, 0.25) is 0 Å². The van der Waals surface area contributed by atoms with Gasteiger partial charge in [-0.3, -0.25) is 0 Å². The molecule has 0 saturated heterocycles. The van der Waals surface area contributed by atoms with Crippen LogP contribution in [0.3, 0.4) is 0 Å². The highest BCUT2D eigenvalue weighted by Gasteiger charge is 2.18. The third kappa shape index (κ3) is 3.56. The van der Waals surface area contributed by atoms with Crippen molar-refractivity contribution in [3.8, 4) is 22.8 Å². The number of unbranched alkanes of at least 4 members (excludes halogenated alkanes) is 1. The molecule has 0 bridgehead atoms. The van der Waals surface area contributed by atoms with Crippen LogP contribution in [0.1, 0.15) is 30.9 Å². The average molecular weight is 352 g/mol. The Balaban J connectivity index is 2.20. The molecule has 3 N–H and O–H groups in total. The van der Waals surface area contributed by atoms with Gasteiger partial charge in [-0.15, -0.1) is 0 Å². The number of aromatic amines is 1. The van der Waals surface area contributed by atoms with E-state index in [4.69, 9.17) is 15.2 Å². The van der Waals surface area contributed by atoms with Gasteiger partial charge >= 0.3 is 0 Å². The molecule has 0 unspecified atom stereocenters. The Labute approximate surface area is 155 Å². The molecular weight excluding hydrogens is 324 g/mol. The number of H-pyrrole nitrogens is 1. The molecule has 26 heavy (non-hydrogen) atoms. The van der Waals surface area contributed by atoms with Gasteiger partial charge in [0.2, 0.25) is 0 Å². The van der Waals surface area contributed by atoms with Gasteiger partial charge in [-0.25, -0.2) is 0 Å². The predicted octanol–water partition coefficient (Wildman–Crippen LogP) is 4.83. The summed E-state index contributed by atoms with van der Waals surface area (Å²) in [6, 6.07) is 12.4. The fourth-order valence-corrected chi connectivity index (χ4v) is 3.50. The van der Waals surface area contributed by atoms with E-state index in [2.05, 4.69) is 36.2 Å². The van der Waals surface area contributed by atoms with Crippen LogP contribution in [-0.4, -0.2) is 25.2 Å². The molecule has 3 rings (SSSR count). The van der Waals surface area contributed by atoms with Crippen molar-refractivity contribution < 1.29 is 9.47 Å². The molecule has 3 aromatic rings. The Kier molecular flexibility index (Phi) is 5.84. The zero-order chi connectivity index (χ0) is 18.5. The van der Waals surface area contributed by atoms with E-state index >= 15 is 0 Å². The molecular formula is C22H28N2O2. The van der Waals surface area contributed by atoms with Crippen LogP contribution < -0.4 is 15.2 Å². The van der Waals surface area contributed by atoms with Crippen LogP contribution in [0.15, 0.2) is 36.4 Å². The number of aromatic nitrogens is 1. The number of methoxy groups -OCH3 is 1. The number of fused-ring (bicyclic) bond motifs is 1. The number of nitrogens with one attached hydrogen (secondary N) is 1. The van der Waals surface area contributed by atoms with E-state index in [1.165, 1.54) is 16.5 Å². The van der Waals surface area contributed by atoms with Crippen molar-refractivity contribution in [2.75, 3.05) is 20.3 Å². The van der Waals surface area contributed by atoms with Crippen molar-refractivity contribution >= 4 is 10.9 Å². The van der Waals surface area contributed by atoms with E-state index < -0.39 is 0 Å². The zero-order valence-electron chi connectivity index (χ0n) is 15.9. The fraction of sp³-hybridized carbons (Fsp3) is 0.364. The van der Waals surface area contributed by atoms with Gasteiger partial charge in [0.25, 0.3) is 0 Å². The summed E-state index contributed by atoms with van der Waals surface area (Å²) in [5.74, 6) is 1.80. The summed E-state index contributed by atoms with van der Waals surface area (Å²) in [7, 11) is 1.71. The Hall–Kier alpha value is -2.46. The SMILES string of the molecule is CCOc1ccccc1-c1[nH]c2c(C)cc(OC)cc2c1CCCCN. The van der Waals surface area contributed by atoms with Gasteiger partial charge in [0.05, 0.1) is 19.4 Å². The molecule has 1 aromatic heterocycles. The fourth-order valence-electron chi connectivity index (χ4n) is 3.50. The molecule has 138 valence electrons. The number of ether oxygens (including phenoxy) is 2. The second-order valence-corrected chi connectivity index (χ2v) is 6.52. The van der Waals surface area contributed by atoms with Crippen LogP contribution in [0.4, 0.5) is 0 Å². The van der Waals surface area contributed by atoms with Crippen molar-refractivity contribution in [2.45, 2.75) is 33.1 Å². The van der Waals surface area contributed by atoms with Crippen LogP contribution in [-0.2, 0) is 6.42 Å². The lowest BCUT2D eigenvalue weighted by molar-refractivity contribution is 0.341. The van der Waals surface area contributed by atoms with Gasteiger partial charge in [0, 0.05) is 16.5 Å². The van der Waals surface area contributed by atoms with E-state index in [0.717, 1.165) is 54.1 Å². The minimum Gasteiger partial charge on any atom is -0.497 e. The number of hydrogen-bond donors (Lipinski definition) is 2. The number of rotatable bonds is 8. The van der Waals surface area contributed by atoms with E-state index in [0.29, 0.717) is 6.61 Å². The lowest BCUT2D eigenvalue weighted by Gasteiger charge is -2.11. The lowest BCUT2D eigenvalue weighted by atomic mass is 9.99. The predicted molar refractivity (Wildman–Crippen MR) is 108 cm³/mol. The summed E-state index contributed by atoms with van der Waals surface area (Å²) in [5, 5.41) is 1.22. The molecule has 0 atom stereocenters. The molecule has 0 spiro atoms. The minimum absolute atomic E-state index is 0.645. The second-order valence-electron chi connectivity index (χ2n) is 6.52. The molecule has 0 amide bonds. The molecule has 0 radical (unpaired) electrons. The maximum absolute atomic E-state index is 5.88. The largest absolute Gasteiger partial charge is 0.497 e. The highest BCUT2D eigenvalue weighted by Crippen LogP contribution is 2.38. The Bertz CT molecular complexity index is 883. The maximum atomic E-state index is 5.88. The summed E-state index contributed by atoms with van der Waals surface area (Å²) >= 11 is 0. The van der Waals surface area contributed by atoms with Crippen LogP contribution in [0.5, 0.6) is 11.5 Å². The van der Waals surface area contributed by atoms with E-state index in [1.807, 2.05) is 19.1 Å². The van der Waals surface area contributed by atoms with Crippen LogP contribution in [0.25, 0.3) is 22.2 Å². The highest BCUT2D eigenvalue weighted by molar-refractivity contribution is 5.94. The normalized spacial score (nSPS) is 11.1. The molecule has 0 aliphatic rings. The van der Waals surface area contributed by atoms with Gasteiger partial charge in [-0.1, -0.05) is 12.1 Å². The quantitative estimate of drug-likeness (QED) is 0.571.